The van der Waals surface area contributed by atoms with Crippen molar-refractivity contribution in [2.24, 2.45) is 0 Å². The quantitative estimate of drug-likeness (QED) is 0.530. The molecular formula is C5H6F2O3. The van der Waals surface area contributed by atoms with Gasteiger partial charge in [-0.25, -0.2) is 0 Å². The molecular weight excluding hydrogens is 146 g/mol. The van der Waals surface area contributed by atoms with Gasteiger partial charge in [0, 0.05) is 14.2 Å². The van der Waals surface area contributed by atoms with E-state index >= 15 is 0 Å². The van der Waals surface area contributed by atoms with E-state index in [-0.39, 0.29) is 0 Å². The molecule has 0 aromatic carbocycles. The van der Waals surface area contributed by atoms with Crippen molar-refractivity contribution in [1.82, 2.24) is 0 Å². The summed E-state index contributed by atoms with van der Waals surface area (Å²) in [6, 6.07) is 0. The Kier molecular flexibility index (Phi) is 1.31. The molecule has 10 heavy (non-hydrogen) atoms. The lowest BCUT2D eigenvalue weighted by Gasteiger charge is -2.07. The molecule has 1 rings (SSSR count). The Balaban J connectivity index is 2.84. The fourth-order valence-corrected chi connectivity index (χ4v) is 0.806. The van der Waals surface area contributed by atoms with Crippen molar-refractivity contribution in [3.63, 3.8) is 0 Å². The van der Waals surface area contributed by atoms with Crippen LogP contribution in [0.15, 0.2) is 0 Å². The lowest BCUT2D eigenvalue weighted by atomic mass is 10.7. The maximum Gasteiger partial charge on any atom is 0.371 e. The summed E-state index contributed by atoms with van der Waals surface area (Å²) in [5.41, 5.74) is 0. The van der Waals surface area contributed by atoms with Gasteiger partial charge in [-0.3, -0.25) is 4.79 Å². The Morgan fingerprint density at radius 3 is 1.60 bits per heavy atom. The molecule has 1 saturated carbocycles. The number of rotatable bonds is 2. The van der Waals surface area contributed by atoms with Gasteiger partial charge < -0.3 is 9.47 Å². The average molecular weight is 152 g/mol. The molecule has 0 unspecified atom stereocenters. The predicted octanol–water partition coefficient (Wildman–Crippen LogP) is 0.193. The number of Topliss-reactive ketones (excluding diaryl/α,β-unsaturated/α-hetero) is 1. The predicted molar refractivity (Wildman–Crippen MR) is 26.7 cm³/mol. The zero-order chi connectivity index (χ0) is 7.99. The summed E-state index contributed by atoms with van der Waals surface area (Å²) in [6.45, 7) is 0. The van der Waals surface area contributed by atoms with Gasteiger partial charge in [0.05, 0.1) is 0 Å². The molecule has 58 valence electrons. The van der Waals surface area contributed by atoms with E-state index in [0.717, 1.165) is 14.2 Å². The van der Waals surface area contributed by atoms with Crippen LogP contribution in [-0.2, 0) is 14.3 Å². The normalized spacial score (nSPS) is 26.6. The van der Waals surface area contributed by atoms with E-state index in [0.29, 0.717) is 0 Å². The molecule has 5 heteroatoms. The van der Waals surface area contributed by atoms with Crippen molar-refractivity contribution in [1.29, 1.82) is 0 Å². The highest BCUT2D eigenvalue weighted by molar-refractivity contribution is 6.11. The van der Waals surface area contributed by atoms with Gasteiger partial charge in [0.1, 0.15) is 0 Å². The summed E-state index contributed by atoms with van der Waals surface area (Å²) in [4.78, 5) is 10.3. The highest BCUT2D eigenvalue weighted by Crippen LogP contribution is 2.51. The van der Waals surface area contributed by atoms with Crippen molar-refractivity contribution in [3.8, 4) is 0 Å². The molecule has 0 radical (unpaired) electrons. The highest BCUT2D eigenvalue weighted by Gasteiger charge is 2.85. The lowest BCUT2D eigenvalue weighted by Crippen LogP contribution is -2.23. The Morgan fingerprint density at radius 2 is 1.60 bits per heavy atom. The SMILES string of the molecule is COC1(OC)C(=O)C1(F)F. The molecule has 0 aromatic rings. The second kappa shape index (κ2) is 1.73. The van der Waals surface area contributed by atoms with E-state index in [9.17, 15) is 13.6 Å². The van der Waals surface area contributed by atoms with Crippen LogP contribution in [0.25, 0.3) is 0 Å². The second-order valence-corrected chi connectivity index (χ2v) is 1.93. The van der Waals surface area contributed by atoms with Crippen molar-refractivity contribution in [2.75, 3.05) is 14.2 Å². The topological polar surface area (TPSA) is 35.5 Å². The van der Waals surface area contributed by atoms with Crippen LogP contribution in [0.1, 0.15) is 0 Å². The zero-order valence-corrected chi connectivity index (χ0v) is 5.48. The number of alkyl halides is 2. The minimum Gasteiger partial charge on any atom is -0.342 e. The molecule has 0 saturated heterocycles. The van der Waals surface area contributed by atoms with E-state index in [2.05, 4.69) is 9.47 Å². The van der Waals surface area contributed by atoms with Crippen molar-refractivity contribution in [2.45, 2.75) is 11.7 Å². The summed E-state index contributed by atoms with van der Waals surface area (Å²) >= 11 is 0. The summed E-state index contributed by atoms with van der Waals surface area (Å²) in [5.74, 6) is -7.06. The van der Waals surface area contributed by atoms with Crippen LogP contribution >= 0.6 is 0 Å². The van der Waals surface area contributed by atoms with Crippen LogP contribution in [0.3, 0.4) is 0 Å². The number of carbonyl (C=O) groups is 1. The van der Waals surface area contributed by atoms with Gasteiger partial charge in [-0.05, 0) is 0 Å². The van der Waals surface area contributed by atoms with Crippen LogP contribution in [-0.4, -0.2) is 31.7 Å². The fourth-order valence-electron chi connectivity index (χ4n) is 0.806. The lowest BCUT2D eigenvalue weighted by molar-refractivity contribution is -0.186. The number of methoxy groups -OCH3 is 2. The third-order valence-corrected chi connectivity index (χ3v) is 1.51. The van der Waals surface area contributed by atoms with Gasteiger partial charge in [-0.15, -0.1) is 0 Å². The molecule has 0 aromatic heterocycles. The summed E-state index contributed by atoms with van der Waals surface area (Å²) < 4.78 is 32.9. The number of hydrogen-bond acceptors (Lipinski definition) is 3. The summed E-state index contributed by atoms with van der Waals surface area (Å²) in [6.07, 6.45) is 0. The first-order valence-electron chi connectivity index (χ1n) is 2.56. The smallest absolute Gasteiger partial charge is 0.342 e. The minimum atomic E-state index is -3.46. The third-order valence-electron chi connectivity index (χ3n) is 1.51. The van der Waals surface area contributed by atoms with E-state index in [1.54, 1.807) is 0 Å². The highest BCUT2D eigenvalue weighted by atomic mass is 19.3. The maximum absolute atomic E-state index is 12.2. The molecule has 0 bridgehead atoms. The Hall–Kier alpha value is -0.550. The van der Waals surface area contributed by atoms with Gasteiger partial charge in [0.25, 0.3) is 5.78 Å². The first-order chi connectivity index (χ1) is 4.53. The van der Waals surface area contributed by atoms with E-state index in [1.165, 1.54) is 0 Å². The molecule has 1 fully saturated rings. The van der Waals surface area contributed by atoms with Gasteiger partial charge in [0.15, 0.2) is 0 Å². The minimum absolute atomic E-state index is 1.00. The first kappa shape index (κ1) is 7.56. The Morgan fingerprint density at radius 1 is 1.30 bits per heavy atom. The number of halogens is 2. The molecule has 0 atom stereocenters. The average Bonchev–Trinajstić information content (AvgIpc) is 2.31. The van der Waals surface area contributed by atoms with Crippen LogP contribution in [0, 0.1) is 0 Å². The van der Waals surface area contributed by atoms with Crippen LogP contribution in [0.4, 0.5) is 8.78 Å². The molecule has 0 aliphatic heterocycles. The summed E-state index contributed by atoms with van der Waals surface area (Å²) in [5, 5.41) is 0. The molecule has 0 N–H and O–H groups in total. The van der Waals surface area contributed by atoms with E-state index in [1.807, 2.05) is 0 Å². The molecule has 3 nitrogen and oxygen atoms in total. The molecule has 0 amide bonds. The third kappa shape index (κ3) is 0.518. The van der Waals surface area contributed by atoms with Crippen molar-refractivity contribution >= 4 is 5.78 Å². The first-order valence-corrected chi connectivity index (χ1v) is 2.56. The Labute approximate surface area is 55.9 Å². The monoisotopic (exact) mass is 152 g/mol. The van der Waals surface area contributed by atoms with Gasteiger partial charge >= 0.3 is 11.7 Å². The van der Waals surface area contributed by atoms with Crippen LogP contribution in [0.2, 0.25) is 0 Å². The fraction of sp³-hybridized carbons (Fsp3) is 0.800. The number of ketones is 1. The Bertz CT molecular complexity index is 174. The van der Waals surface area contributed by atoms with Gasteiger partial charge in [-0.2, -0.15) is 8.78 Å². The molecule has 0 spiro atoms. The van der Waals surface area contributed by atoms with Crippen LogP contribution < -0.4 is 0 Å². The van der Waals surface area contributed by atoms with Gasteiger partial charge in [-0.1, -0.05) is 0 Å². The largest absolute Gasteiger partial charge is 0.371 e. The van der Waals surface area contributed by atoms with E-state index < -0.39 is 17.5 Å². The molecule has 1 aliphatic rings. The number of ether oxygens (including phenoxy) is 2. The number of hydrogen-bond donors (Lipinski definition) is 0. The van der Waals surface area contributed by atoms with Crippen molar-refractivity contribution in [3.05, 3.63) is 0 Å². The molecule has 0 heterocycles. The van der Waals surface area contributed by atoms with Crippen LogP contribution in [0.5, 0.6) is 0 Å². The van der Waals surface area contributed by atoms with Gasteiger partial charge in [0.2, 0.25) is 0 Å². The van der Waals surface area contributed by atoms with Crippen molar-refractivity contribution < 1.29 is 23.0 Å². The van der Waals surface area contributed by atoms with E-state index in [4.69, 9.17) is 0 Å². The zero-order valence-electron chi connectivity index (χ0n) is 5.48. The second-order valence-electron chi connectivity index (χ2n) is 1.93. The standard InChI is InChI=1S/C5H6F2O3/c1-9-5(10-2)3(8)4(5,6)7/h1-2H3. The summed E-state index contributed by atoms with van der Waals surface area (Å²) in [7, 11) is 2.00. The number of carbonyl (C=O) groups excluding carboxylic acids is 1. The maximum atomic E-state index is 12.2. The molecule has 1 aliphatic carbocycles.